The monoisotopic (exact) mass is 403 g/mol. The van der Waals surface area contributed by atoms with Crippen LogP contribution in [0.1, 0.15) is 40.0 Å². The lowest BCUT2D eigenvalue weighted by Gasteiger charge is -2.15. The average molecular weight is 404 g/mol. The van der Waals surface area contributed by atoms with Gasteiger partial charge in [0.1, 0.15) is 0 Å². The minimum Gasteiger partial charge on any atom is -0.346 e. The summed E-state index contributed by atoms with van der Waals surface area (Å²) in [5.41, 5.74) is 4.93. The third-order valence-electron chi connectivity index (χ3n) is 5.08. The Bertz CT molecular complexity index is 1150. The summed E-state index contributed by atoms with van der Waals surface area (Å²) in [5, 5.41) is 9.27. The van der Waals surface area contributed by atoms with E-state index in [0.717, 1.165) is 22.0 Å². The molecule has 29 heavy (non-hydrogen) atoms. The summed E-state index contributed by atoms with van der Waals surface area (Å²) in [4.78, 5) is 12.8. The van der Waals surface area contributed by atoms with Gasteiger partial charge in [-0.25, -0.2) is 0 Å². The molecule has 0 spiro atoms. The number of nitrogens with zero attached hydrogens (tertiary/aromatic N) is 2. The summed E-state index contributed by atoms with van der Waals surface area (Å²) in [6.07, 6.45) is 1.82. The molecule has 0 aliphatic heterocycles. The number of aryl methyl sites for hydroxylation is 1. The Hall–Kier alpha value is -3.11. The van der Waals surface area contributed by atoms with E-state index in [-0.39, 0.29) is 11.9 Å². The third kappa shape index (κ3) is 4.33. The van der Waals surface area contributed by atoms with Gasteiger partial charge in [0.05, 0.1) is 24.3 Å². The van der Waals surface area contributed by atoms with Gasteiger partial charge in [-0.15, -0.1) is 0 Å². The van der Waals surface area contributed by atoms with Crippen LogP contribution in [-0.4, -0.2) is 15.7 Å². The van der Waals surface area contributed by atoms with Crippen molar-refractivity contribution in [3.05, 3.63) is 100 Å². The molecule has 4 nitrogen and oxygen atoms in total. The lowest BCUT2D eigenvalue weighted by molar-refractivity contribution is 0.0940. The van der Waals surface area contributed by atoms with E-state index in [1.165, 1.54) is 5.56 Å². The highest BCUT2D eigenvalue weighted by molar-refractivity contribution is 6.30. The van der Waals surface area contributed by atoms with Crippen LogP contribution in [0.2, 0.25) is 5.02 Å². The van der Waals surface area contributed by atoms with E-state index in [0.29, 0.717) is 17.1 Å². The summed E-state index contributed by atoms with van der Waals surface area (Å²) in [6, 6.07) is 21.5. The summed E-state index contributed by atoms with van der Waals surface area (Å²) in [6.45, 7) is 4.66. The first-order chi connectivity index (χ1) is 14.0. The summed E-state index contributed by atoms with van der Waals surface area (Å²) in [5.74, 6) is -0.0979. The summed E-state index contributed by atoms with van der Waals surface area (Å²) < 4.78 is 1.90. The first-order valence-electron chi connectivity index (χ1n) is 9.57. The van der Waals surface area contributed by atoms with Crippen molar-refractivity contribution in [1.29, 1.82) is 0 Å². The fourth-order valence-electron chi connectivity index (χ4n) is 3.32. The van der Waals surface area contributed by atoms with Gasteiger partial charge in [-0.1, -0.05) is 59.6 Å². The van der Waals surface area contributed by atoms with Crippen molar-refractivity contribution in [3.63, 3.8) is 0 Å². The molecule has 1 N–H and O–H groups in total. The summed E-state index contributed by atoms with van der Waals surface area (Å²) in [7, 11) is 0. The van der Waals surface area contributed by atoms with Gasteiger partial charge in [0, 0.05) is 16.0 Å². The molecule has 146 valence electrons. The Labute approximate surface area is 175 Å². The molecule has 0 radical (unpaired) electrons. The Morgan fingerprint density at radius 2 is 1.79 bits per heavy atom. The van der Waals surface area contributed by atoms with Crippen molar-refractivity contribution < 1.29 is 4.79 Å². The minimum atomic E-state index is -0.0979. The van der Waals surface area contributed by atoms with Gasteiger partial charge in [0.25, 0.3) is 5.91 Å². The van der Waals surface area contributed by atoms with Gasteiger partial charge in [0.15, 0.2) is 0 Å². The van der Waals surface area contributed by atoms with Gasteiger partial charge in [-0.3, -0.25) is 9.48 Å². The second kappa shape index (κ2) is 8.10. The van der Waals surface area contributed by atoms with Crippen LogP contribution in [0.5, 0.6) is 0 Å². The first-order valence-corrected chi connectivity index (χ1v) is 9.95. The van der Waals surface area contributed by atoms with Gasteiger partial charge in [0.2, 0.25) is 0 Å². The molecule has 0 bridgehead atoms. The molecular formula is C24H22ClN3O. The largest absolute Gasteiger partial charge is 0.346 e. The lowest BCUT2D eigenvalue weighted by Crippen LogP contribution is -2.26. The zero-order valence-electron chi connectivity index (χ0n) is 16.4. The quantitative estimate of drug-likeness (QED) is 0.475. The van der Waals surface area contributed by atoms with Crippen LogP contribution in [0.25, 0.3) is 10.9 Å². The van der Waals surface area contributed by atoms with E-state index in [9.17, 15) is 4.79 Å². The van der Waals surface area contributed by atoms with Crippen molar-refractivity contribution in [3.8, 4) is 0 Å². The second-order valence-corrected chi connectivity index (χ2v) is 7.74. The molecule has 4 rings (SSSR count). The number of benzene rings is 3. The zero-order chi connectivity index (χ0) is 20.4. The number of aromatic nitrogens is 2. The van der Waals surface area contributed by atoms with E-state index >= 15 is 0 Å². The number of hydrogen-bond acceptors (Lipinski definition) is 2. The molecule has 5 heteroatoms. The molecule has 0 aliphatic carbocycles. The SMILES string of the molecule is Cc1ccc([C@H](C)NC(=O)c2ccc3cnn(Cc4ccc(Cl)cc4)c3c2)cc1. The van der Waals surface area contributed by atoms with Crippen molar-refractivity contribution in [2.45, 2.75) is 26.4 Å². The second-order valence-electron chi connectivity index (χ2n) is 7.31. The van der Waals surface area contributed by atoms with Crippen molar-refractivity contribution >= 4 is 28.4 Å². The van der Waals surface area contributed by atoms with Gasteiger partial charge in [-0.05, 0) is 49.2 Å². The average Bonchev–Trinajstić information content (AvgIpc) is 3.12. The highest BCUT2D eigenvalue weighted by atomic mass is 35.5. The van der Waals surface area contributed by atoms with E-state index in [4.69, 9.17) is 11.6 Å². The van der Waals surface area contributed by atoms with Crippen molar-refractivity contribution in [2.75, 3.05) is 0 Å². The van der Waals surface area contributed by atoms with E-state index in [2.05, 4.69) is 29.5 Å². The van der Waals surface area contributed by atoms with Crippen LogP contribution in [0.3, 0.4) is 0 Å². The fraction of sp³-hybridized carbons (Fsp3) is 0.167. The number of carbonyl (C=O) groups is 1. The highest BCUT2D eigenvalue weighted by Gasteiger charge is 2.13. The van der Waals surface area contributed by atoms with E-state index in [1.54, 1.807) is 0 Å². The molecule has 0 saturated heterocycles. The van der Waals surface area contributed by atoms with Crippen LogP contribution in [-0.2, 0) is 6.54 Å². The Kier molecular flexibility index (Phi) is 5.36. The standard InChI is InChI=1S/C24H22ClN3O/c1-16-3-7-19(8-4-16)17(2)27-24(29)20-9-10-21-14-26-28(23(21)13-20)15-18-5-11-22(25)12-6-18/h3-14,17H,15H2,1-2H3,(H,27,29)/t17-/m0/s1. The number of carbonyl (C=O) groups excluding carboxylic acids is 1. The molecule has 0 saturated carbocycles. The molecule has 4 aromatic rings. The van der Waals surface area contributed by atoms with E-state index in [1.807, 2.05) is 72.4 Å². The lowest BCUT2D eigenvalue weighted by atomic mass is 10.1. The van der Waals surface area contributed by atoms with Crippen LogP contribution in [0.4, 0.5) is 0 Å². The van der Waals surface area contributed by atoms with Crippen LogP contribution < -0.4 is 5.32 Å². The normalized spacial score (nSPS) is 12.1. The van der Waals surface area contributed by atoms with E-state index < -0.39 is 0 Å². The molecule has 1 aromatic heterocycles. The number of amides is 1. The molecule has 1 heterocycles. The van der Waals surface area contributed by atoms with Crippen molar-refractivity contribution in [2.24, 2.45) is 0 Å². The van der Waals surface area contributed by atoms with Crippen LogP contribution >= 0.6 is 11.6 Å². The number of nitrogens with one attached hydrogen (secondary N) is 1. The predicted octanol–water partition coefficient (Wildman–Crippen LogP) is 5.54. The smallest absolute Gasteiger partial charge is 0.251 e. The topological polar surface area (TPSA) is 46.9 Å². The number of halogens is 1. The zero-order valence-corrected chi connectivity index (χ0v) is 17.1. The Morgan fingerprint density at radius 1 is 1.07 bits per heavy atom. The predicted molar refractivity (Wildman–Crippen MR) is 117 cm³/mol. The molecule has 0 aliphatic rings. The van der Waals surface area contributed by atoms with Gasteiger partial charge < -0.3 is 5.32 Å². The maximum Gasteiger partial charge on any atom is 0.251 e. The Balaban J connectivity index is 1.55. The first kappa shape index (κ1) is 19.2. The minimum absolute atomic E-state index is 0.0715. The van der Waals surface area contributed by atoms with Gasteiger partial charge in [-0.2, -0.15) is 5.10 Å². The number of fused-ring (bicyclic) bond motifs is 1. The summed E-state index contributed by atoms with van der Waals surface area (Å²) >= 11 is 5.97. The maximum absolute atomic E-state index is 12.8. The third-order valence-corrected chi connectivity index (χ3v) is 5.33. The molecular weight excluding hydrogens is 382 g/mol. The molecule has 0 unspecified atom stereocenters. The van der Waals surface area contributed by atoms with Crippen LogP contribution in [0.15, 0.2) is 72.9 Å². The molecule has 0 fully saturated rings. The maximum atomic E-state index is 12.8. The van der Waals surface area contributed by atoms with Crippen molar-refractivity contribution in [1.82, 2.24) is 15.1 Å². The molecule has 1 amide bonds. The highest BCUT2D eigenvalue weighted by Crippen LogP contribution is 2.19. The molecule has 3 aromatic carbocycles. The number of hydrogen-bond donors (Lipinski definition) is 1. The van der Waals surface area contributed by atoms with Gasteiger partial charge >= 0.3 is 0 Å². The molecule has 1 atom stereocenters. The van der Waals surface area contributed by atoms with Crippen LogP contribution in [0, 0.1) is 6.92 Å². The fourth-order valence-corrected chi connectivity index (χ4v) is 3.44. The Morgan fingerprint density at radius 3 is 2.52 bits per heavy atom. The number of rotatable bonds is 5.